The second kappa shape index (κ2) is 6.00. The van der Waals surface area contributed by atoms with Gasteiger partial charge in [0.1, 0.15) is 6.07 Å². The molecular formula is C14H20N4O. The average molecular weight is 260 g/mol. The van der Waals surface area contributed by atoms with Crippen molar-refractivity contribution in [2.45, 2.75) is 20.0 Å². The van der Waals surface area contributed by atoms with E-state index in [2.05, 4.69) is 21.3 Å². The van der Waals surface area contributed by atoms with E-state index in [1.54, 1.807) is 0 Å². The van der Waals surface area contributed by atoms with Crippen molar-refractivity contribution in [2.24, 2.45) is 0 Å². The summed E-state index contributed by atoms with van der Waals surface area (Å²) >= 11 is 0. The summed E-state index contributed by atoms with van der Waals surface area (Å²) < 4.78 is 5.70. The number of hydrogen-bond donors (Lipinski definition) is 1. The highest BCUT2D eigenvalue weighted by atomic mass is 16.5. The van der Waals surface area contributed by atoms with Gasteiger partial charge >= 0.3 is 0 Å². The molecule has 1 unspecified atom stereocenters. The normalized spacial score (nSPS) is 18.9. The number of aromatic nitrogens is 1. The Morgan fingerprint density at radius 2 is 2.37 bits per heavy atom. The Kier molecular flexibility index (Phi) is 4.35. The van der Waals surface area contributed by atoms with Crippen LogP contribution in [0.2, 0.25) is 0 Å². The highest BCUT2D eigenvalue weighted by molar-refractivity contribution is 5.61. The zero-order valence-corrected chi connectivity index (χ0v) is 11.7. The molecule has 1 fully saturated rings. The Hall–Kier alpha value is -1.64. The number of nitrogens with one attached hydrogen (secondary N) is 1. The molecule has 0 bridgehead atoms. The lowest BCUT2D eigenvalue weighted by Gasteiger charge is -2.29. The maximum Gasteiger partial charge on any atom is 0.103 e. The van der Waals surface area contributed by atoms with Crippen LogP contribution in [0.1, 0.15) is 17.0 Å². The second-order valence-electron chi connectivity index (χ2n) is 4.93. The fourth-order valence-corrected chi connectivity index (χ4v) is 2.39. The fraction of sp³-hybridized carbons (Fsp3) is 0.571. The van der Waals surface area contributed by atoms with Gasteiger partial charge in [-0.1, -0.05) is 0 Å². The van der Waals surface area contributed by atoms with Gasteiger partial charge in [-0.3, -0.25) is 4.98 Å². The summed E-state index contributed by atoms with van der Waals surface area (Å²) in [7, 11) is 1.99. The molecular weight excluding hydrogens is 240 g/mol. The van der Waals surface area contributed by atoms with Crippen LogP contribution in [0.5, 0.6) is 0 Å². The monoisotopic (exact) mass is 260 g/mol. The minimum absolute atomic E-state index is 0.166. The van der Waals surface area contributed by atoms with Gasteiger partial charge in [-0.15, -0.1) is 0 Å². The van der Waals surface area contributed by atoms with Crippen molar-refractivity contribution in [3.8, 4) is 6.07 Å². The number of nitriles is 1. The number of likely N-dealkylation sites (N-methyl/N-ethyl adjacent to an activating group) is 1. The third kappa shape index (κ3) is 3.22. The Labute approximate surface area is 114 Å². The number of nitrogens with zero attached hydrogens (tertiary/aromatic N) is 3. The molecule has 1 aliphatic heterocycles. The van der Waals surface area contributed by atoms with Crippen molar-refractivity contribution in [2.75, 3.05) is 38.2 Å². The minimum Gasteiger partial charge on any atom is -0.374 e. The number of rotatable bonds is 3. The Morgan fingerprint density at radius 1 is 1.58 bits per heavy atom. The van der Waals surface area contributed by atoms with E-state index in [4.69, 9.17) is 4.74 Å². The number of ether oxygens (including phenoxy) is 1. The van der Waals surface area contributed by atoms with Crippen molar-refractivity contribution >= 4 is 5.69 Å². The summed E-state index contributed by atoms with van der Waals surface area (Å²) in [4.78, 5) is 6.42. The topological polar surface area (TPSA) is 61.2 Å². The number of morpholine rings is 1. The van der Waals surface area contributed by atoms with Crippen LogP contribution in [-0.2, 0) is 4.74 Å². The van der Waals surface area contributed by atoms with Crippen molar-refractivity contribution in [1.82, 2.24) is 10.3 Å². The zero-order chi connectivity index (χ0) is 13.8. The lowest BCUT2D eigenvalue weighted by molar-refractivity contribution is 0.0340. The highest BCUT2D eigenvalue weighted by Gasteiger charge is 2.18. The molecule has 0 amide bonds. The highest BCUT2D eigenvalue weighted by Crippen LogP contribution is 2.22. The molecule has 5 nitrogen and oxygen atoms in total. The van der Waals surface area contributed by atoms with Crippen LogP contribution in [0.15, 0.2) is 6.07 Å². The molecule has 2 rings (SSSR count). The second-order valence-corrected chi connectivity index (χ2v) is 4.93. The van der Waals surface area contributed by atoms with Crippen LogP contribution < -0.4 is 10.2 Å². The fourth-order valence-electron chi connectivity index (χ4n) is 2.39. The predicted molar refractivity (Wildman–Crippen MR) is 74.3 cm³/mol. The Balaban J connectivity index is 2.18. The molecule has 0 aliphatic carbocycles. The van der Waals surface area contributed by atoms with Gasteiger partial charge in [0.05, 0.1) is 29.7 Å². The summed E-state index contributed by atoms with van der Waals surface area (Å²) in [6, 6.07) is 4.21. The first-order chi connectivity index (χ1) is 9.11. The number of hydrogen-bond acceptors (Lipinski definition) is 5. The van der Waals surface area contributed by atoms with E-state index in [1.165, 1.54) is 0 Å². The van der Waals surface area contributed by atoms with Crippen LogP contribution in [-0.4, -0.2) is 44.4 Å². The van der Waals surface area contributed by atoms with E-state index in [-0.39, 0.29) is 6.10 Å². The van der Waals surface area contributed by atoms with E-state index in [9.17, 15) is 5.26 Å². The third-order valence-corrected chi connectivity index (χ3v) is 3.31. The summed E-state index contributed by atoms with van der Waals surface area (Å²) in [6.45, 7) is 7.11. The van der Waals surface area contributed by atoms with Crippen molar-refractivity contribution in [3.05, 3.63) is 23.0 Å². The number of aryl methyl sites for hydroxylation is 2. The van der Waals surface area contributed by atoms with E-state index in [1.807, 2.05) is 27.0 Å². The standard InChI is InChI=1S/C14H20N4O/c1-10-6-14(13(7-15)11(2)17-10)18(3)9-12-8-16-4-5-19-12/h6,12,16H,4-5,8-9H2,1-3H3. The van der Waals surface area contributed by atoms with Crippen LogP contribution in [0.3, 0.4) is 0 Å². The van der Waals surface area contributed by atoms with Crippen LogP contribution in [0, 0.1) is 25.2 Å². The molecule has 1 atom stereocenters. The molecule has 0 spiro atoms. The lowest BCUT2D eigenvalue weighted by Crippen LogP contribution is -2.44. The molecule has 1 aliphatic rings. The molecule has 0 radical (unpaired) electrons. The zero-order valence-electron chi connectivity index (χ0n) is 11.7. The molecule has 1 N–H and O–H groups in total. The van der Waals surface area contributed by atoms with Crippen molar-refractivity contribution in [3.63, 3.8) is 0 Å². The molecule has 19 heavy (non-hydrogen) atoms. The van der Waals surface area contributed by atoms with E-state index in [0.29, 0.717) is 5.56 Å². The van der Waals surface area contributed by atoms with Gasteiger partial charge in [0.15, 0.2) is 0 Å². The van der Waals surface area contributed by atoms with Gasteiger partial charge in [0, 0.05) is 32.4 Å². The summed E-state index contributed by atoms with van der Waals surface area (Å²) in [5, 5.41) is 12.6. The Morgan fingerprint density at radius 3 is 3.00 bits per heavy atom. The minimum atomic E-state index is 0.166. The largest absolute Gasteiger partial charge is 0.374 e. The molecule has 0 aromatic carbocycles. The maximum atomic E-state index is 9.28. The number of pyridine rings is 1. The predicted octanol–water partition coefficient (Wildman–Crippen LogP) is 0.995. The van der Waals surface area contributed by atoms with Crippen LogP contribution >= 0.6 is 0 Å². The smallest absolute Gasteiger partial charge is 0.103 e. The van der Waals surface area contributed by atoms with Gasteiger partial charge < -0.3 is 15.0 Å². The Bertz CT molecular complexity index is 489. The molecule has 102 valence electrons. The van der Waals surface area contributed by atoms with Crippen molar-refractivity contribution in [1.29, 1.82) is 5.26 Å². The summed E-state index contributed by atoms with van der Waals surface area (Å²) in [6.07, 6.45) is 0.166. The maximum absolute atomic E-state index is 9.28. The van der Waals surface area contributed by atoms with E-state index < -0.39 is 0 Å². The van der Waals surface area contributed by atoms with Crippen molar-refractivity contribution < 1.29 is 4.74 Å². The molecule has 1 saturated heterocycles. The lowest BCUT2D eigenvalue weighted by atomic mass is 10.1. The molecule has 0 saturated carbocycles. The summed E-state index contributed by atoms with van der Waals surface area (Å²) in [5.41, 5.74) is 3.30. The van der Waals surface area contributed by atoms with E-state index >= 15 is 0 Å². The molecule has 2 heterocycles. The molecule has 1 aromatic heterocycles. The molecule has 5 heteroatoms. The molecule has 1 aromatic rings. The van der Waals surface area contributed by atoms with Gasteiger partial charge in [0.25, 0.3) is 0 Å². The quantitative estimate of drug-likeness (QED) is 0.878. The average Bonchev–Trinajstić information content (AvgIpc) is 2.39. The van der Waals surface area contributed by atoms with E-state index in [0.717, 1.165) is 43.3 Å². The first kappa shape index (κ1) is 13.8. The first-order valence-electron chi connectivity index (χ1n) is 6.53. The van der Waals surface area contributed by atoms with Gasteiger partial charge in [-0.25, -0.2) is 0 Å². The first-order valence-corrected chi connectivity index (χ1v) is 6.53. The third-order valence-electron chi connectivity index (χ3n) is 3.31. The van der Waals surface area contributed by atoms with Gasteiger partial charge in [-0.05, 0) is 19.9 Å². The number of anilines is 1. The summed E-state index contributed by atoms with van der Waals surface area (Å²) in [5.74, 6) is 0. The van der Waals surface area contributed by atoms with Gasteiger partial charge in [0.2, 0.25) is 0 Å². The van der Waals surface area contributed by atoms with Crippen LogP contribution in [0.25, 0.3) is 0 Å². The van der Waals surface area contributed by atoms with Gasteiger partial charge in [-0.2, -0.15) is 5.26 Å². The van der Waals surface area contributed by atoms with Crippen LogP contribution in [0.4, 0.5) is 5.69 Å². The SMILES string of the molecule is Cc1cc(N(C)CC2CNCCO2)c(C#N)c(C)n1.